The summed E-state index contributed by atoms with van der Waals surface area (Å²) in [4.78, 5) is 22.0. The van der Waals surface area contributed by atoms with Gasteiger partial charge in [0.25, 0.3) is 11.6 Å². The molecule has 18 heavy (non-hydrogen) atoms. The molecule has 1 N–H and O–H groups in total. The number of nitro benzene ring substituents is 1. The molecule has 0 bridgehead atoms. The van der Waals surface area contributed by atoms with Crippen molar-refractivity contribution in [2.75, 3.05) is 5.32 Å². The number of benzene rings is 1. The van der Waals surface area contributed by atoms with Crippen LogP contribution in [0.2, 0.25) is 0 Å². The van der Waals surface area contributed by atoms with Gasteiger partial charge in [-0.3, -0.25) is 14.9 Å². The van der Waals surface area contributed by atoms with Crippen LogP contribution < -0.4 is 5.32 Å². The molecule has 0 unspecified atom stereocenters. The summed E-state index contributed by atoms with van der Waals surface area (Å²) in [5, 5.41) is 17.3. The van der Waals surface area contributed by atoms with E-state index in [1.54, 1.807) is 0 Å². The summed E-state index contributed by atoms with van der Waals surface area (Å²) in [6, 6.07) is 4.12. The molecule has 0 saturated heterocycles. The number of amides is 1. The first-order valence-electron chi connectivity index (χ1n) is 4.60. The van der Waals surface area contributed by atoms with Crippen molar-refractivity contribution in [2.45, 2.75) is 0 Å². The van der Waals surface area contributed by atoms with Gasteiger partial charge in [-0.15, -0.1) is 5.10 Å². The number of nitro groups is 1. The number of nitrogens with zero attached hydrogens (tertiary/aromatic N) is 3. The highest BCUT2D eigenvalue weighted by Gasteiger charge is 2.16. The molecule has 0 radical (unpaired) electrons. The van der Waals surface area contributed by atoms with E-state index in [1.165, 1.54) is 24.4 Å². The highest BCUT2D eigenvalue weighted by molar-refractivity contribution is 14.1. The van der Waals surface area contributed by atoms with E-state index in [-0.39, 0.29) is 11.3 Å². The SMILES string of the molecule is O=C(Nc1cnns1)c1cc([N+](=O)[O-])ccc1I. The number of aromatic nitrogens is 2. The first-order chi connectivity index (χ1) is 8.58. The van der Waals surface area contributed by atoms with E-state index in [1.807, 2.05) is 22.6 Å². The maximum absolute atomic E-state index is 11.9. The molecule has 0 fully saturated rings. The van der Waals surface area contributed by atoms with Gasteiger partial charge in [-0.05, 0) is 28.7 Å². The van der Waals surface area contributed by atoms with Crippen LogP contribution >= 0.6 is 34.1 Å². The van der Waals surface area contributed by atoms with Crippen molar-refractivity contribution >= 4 is 50.7 Å². The van der Waals surface area contributed by atoms with E-state index >= 15 is 0 Å². The third-order valence-electron chi connectivity index (χ3n) is 2.00. The van der Waals surface area contributed by atoms with Crippen LogP contribution in [0.1, 0.15) is 10.4 Å². The summed E-state index contributed by atoms with van der Waals surface area (Å²) in [7, 11) is 0. The zero-order chi connectivity index (χ0) is 13.1. The number of hydrogen-bond acceptors (Lipinski definition) is 6. The quantitative estimate of drug-likeness (QED) is 0.504. The molecular formula is C9H5IN4O3S. The van der Waals surface area contributed by atoms with Gasteiger partial charge in [0.15, 0.2) is 0 Å². The fraction of sp³-hybridized carbons (Fsp3) is 0. The number of rotatable bonds is 3. The van der Waals surface area contributed by atoms with Gasteiger partial charge in [0.05, 0.1) is 16.7 Å². The Bertz CT molecular complexity index is 602. The van der Waals surface area contributed by atoms with Gasteiger partial charge < -0.3 is 5.32 Å². The lowest BCUT2D eigenvalue weighted by atomic mass is 10.2. The Morgan fingerprint density at radius 1 is 1.50 bits per heavy atom. The van der Waals surface area contributed by atoms with E-state index in [2.05, 4.69) is 14.9 Å². The summed E-state index contributed by atoms with van der Waals surface area (Å²) in [5.41, 5.74) is 0.126. The maximum atomic E-state index is 11.9. The molecule has 0 aliphatic carbocycles. The van der Waals surface area contributed by atoms with Crippen LogP contribution in [-0.2, 0) is 0 Å². The zero-order valence-electron chi connectivity index (χ0n) is 8.66. The predicted molar refractivity (Wildman–Crippen MR) is 73.7 cm³/mol. The molecule has 0 aliphatic heterocycles. The normalized spacial score (nSPS) is 10.1. The van der Waals surface area contributed by atoms with Gasteiger partial charge in [-0.2, -0.15) is 0 Å². The van der Waals surface area contributed by atoms with Crippen LogP contribution in [0.15, 0.2) is 24.4 Å². The lowest BCUT2D eigenvalue weighted by Crippen LogP contribution is -2.13. The number of non-ortho nitro benzene ring substituents is 1. The Labute approximate surface area is 119 Å². The topological polar surface area (TPSA) is 98.0 Å². The second-order valence-electron chi connectivity index (χ2n) is 3.16. The smallest absolute Gasteiger partial charge is 0.270 e. The molecule has 1 amide bonds. The zero-order valence-corrected chi connectivity index (χ0v) is 11.6. The molecule has 0 aliphatic rings. The molecule has 2 rings (SSSR count). The Morgan fingerprint density at radius 3 is 2.89 bits per heavy atom. The van der Waals surface area contributed by atoms with Crippen molar-refractivity contribution in [1.29, 1.82) is 0 Å². The second-order valence-corrected chi connectivity index (χ2v) is 5.11. The third-order valence-corrected chi connectivity index (χ3v) is 3.52. The van der Waals surface area contributed by atoms with Crippen molar-refractivity contribution < 1.29 is 9.72 Å². The van der Waals surface area contributed by atoms with Gasteiger partial charge in [0.1, 0.15) is 5.00 Å². The predicted octanol–water partition coefficient (Wildman–Crippen LogP) is 2.30. The lowest BCUT2D eigenvalue weighted by Gasteiger charge is -2.04. The Hall–Kier alpha value is -1.62. The van der Waals surface area contributed by atoms with E-state index in [4.69, 9.17) is 0 Å². The van der Waals surface area contributed by atoms with Gasteiger partial charge in [0.2, 0.25) is 0 Å². The number of halogens is 1. The van der Waals surface area contributed by atoms with Crippen LogP contribution in [0.5, 0.6) is 0 Å². The average Bonchev–Trinajstić information content (AvgIpc) is 2.81. The average molecular weight is 376 g/mol. The lowest BCUT2D eigenvalue weighted by molar-refractivity contribution is -0.384. The fourth-order valence-corrected chi connectivity index (χ4v) is 2.20. The van der Waals surface area contributed by atoms with Gasteiger partial charge in [-0.1, -0.05) is 4.49 Å². The number of carbonyl (C=O) groups is 1. The van der Waals surface area contributed by atoms with Crippen molar-refractivity contribution in [1.82, 2.24) is 9.59 Å². The molecule has 92 valence electrons. The third kappa shape index (κ3) is 2.79. The number of nitrogens with one attached hydrogen (secondary N) is 1. The van der Waals surface area contributed by atoms with Crippen molar-refractivity contribution in [3.05, 3.63) is 43.6 Å². The van der Waals surface area contributed by atoms with E-state index in [0.29, 0.717) is 8.57 Å². The summed E-state index contributed by atoms with van der Waals surface area (Å²) in [5.74, 6) is -0.422. The first-order valence-corrected chi connectivity index (χ1v) is 6.46. The minimum Gasteiger partial charge on any atom is -0.311 e. The van der Waals surface area contributed by atoms with Crippen LogP contribution in [0, 0.1) is 13.7 Å². The Balaban J connectivity index is 2.29. The minimum atomic E-state index is -0.541. The number of carbonyl (C=O) groups excluding carboxylic acids is 1. The van der Waals surface area contributed by atoms with E-state index in [9.17, 15) is 14.9 Å². The van der Waals surface area contributed by atoms with Crippen molar-refractivity contribution in [2.24, 2.45) is 0 Å². The summed E-state index contributed by atoms with van der Waals surface area (Å²) < 4.78 is 4.24. The highest BCUT2D eigenvalue weighted by atomic mass is 127. The second kappa shape index (κ2) is 5.35. The molecule has 7 nitrogen and oxygen atoms in total. The van der Waals surface area contributed by atoms with Crippen molar-refractivity contribution in [3.8, 4) is 0 Å². The van der Waals surface area contributed by atoms with Crippen LogP contribution in [0.4, 0.5) is 10.7 Å². The largest absolute Gasteiger partial charge is 0.311 e. The van der Waals surface area contributed by atoms with Gasteiger partial charge in [-0.25, -0.2) is 0 Å². The molecule has 0 spiro atoms. The Kier molecular flexibility index (Phi) is 3.81. The van der Waals surface area contributed by atoms with Gasteiger partial charge >= 0.3 is 0 Å². The monoisotopic (exact) mass is 376 g/mol. The first kappa shape index (κ1) is 12.8. The summed E-state index contributed by atoms with van der Waals surface area (Å²) in [6.07, 6.45) is 1.41. The van der Waals surface area contributed by atoms with Crippen molar-refractivity contribution in [3.63, 3.8) is 0 Å². The van der Waals surface area contributed by atoms with Crippen LogP contribution in [0.3, 0.4) is 0 Å². The van der Waals surface area contributed by atoms with Crippen LogP contribution in [0.25, 0.3) is 0 Å². The van der Waals surface area contributed by atoms with Gasteiger partial charge in [0, 0.05) is 27.2 Å². The molecule has 2 aromatic rings. The molecule has 0 saturated carbocycles. The molecule has 9 heteroatoms. The minimum absolute atomic E-state index is 0.122. The Morgan fingerprint density at radius 2 is 2.28 bits per heavy atom. The number of anilines is 1. The number of hydrogen-bond donors (Lipinski definition) is 1. The van der Waals surface area contributed by atoms with E-state index in [0.717, 1.165) is 11.5 Å². The maximum Gasteiger partial charge on any atom is 0.270 e. The van der Waals surface area contributed by atoms with E-state index < -0.39 is 10.8 Å². The highest BCUT2D eigenvalue weighted by Crippen LogP contribution is 2.21. The fourth-order valence-electron chi connectivity index (χ4n) is 1.20. The summed E-state index contributed by atoms with van der Waals surface area (Å²) in [6.45, 7) is 0. The van der Waals surface area contributed by atoms with Crippen LogP contribution in [-0.4, -0.2) is 20.4 Å². The summed E-state index contributed by atoms with van der Waals surface area (Å²) >= 11 is 2.98. The molecule has 0 atom stereocenters. The molecule has 1 aromatic carbocycles. The molecule has 1 aromatic heterocycles. The standard InChI is InChI=1S/C9H5IN4O3S/c10-7-2-1-5(14(16)17)3-6(7)9(15)12-8-4-11-13-18-8/h1-4H,(H,12,15). The molecular weight excluding hydrogens is 371 g/mol. The molecule has 1 heterocycles.